The zero-order valence-electron chi connectivity index (χ0n) is 9.13. The van der Waals surface area contributed by atoms with E-state index in [2.05, 4.69) is 4.74 Å². The van der Waals surface area contributed by atoms with E-state index < -0.39 is 22.2 Å². The topological polar surface area (TPSA) is 66.9 Å². The average Bonchev–Trinajstić information content (AvgIpc) is 2.65. The first kappa shape index (κ1) is 12.4. The molecule has 88 valence electrons. The Morgan fingerprint density at radius 1 is 1.47 bits per heavy atom. The van der Waals surface area contributed by atoms with Crippen LogP contribution in [0.5, 0.6) is 0 Å². The molecule has 0 saturated carbocycles. The summed E-state index contributed by atoms with van der Waals surface area (Å²) >= 11 is 0. The lowest BCUT2D eigenvalue weighted by Crippen LogP contribution is -2.46. The molecule has 15 heavy (non-hydrogen) atoms. The zero-order valence-corrected chi connectivity index (χ0v) is 9.95. The Bertz CT molecular complexity index is 339. The molecule has 0 aliphatic carbocycles. The third-order valence-corrected chi connectivity index (χ3v) is 4.39. The number of nitrogens with zero attached hydrogens (tertiary/aromatic N) is 2. The maximum atomic E-state index is 11.8. The molecule has 1 aliphatic heterocycles. The number of ether oxygens (including phenoxy) is 1. The summed E-state index contributed by atoms with van der Waals surface area (Å²) in [7, 11) is 0.643. The smallest absolute Gasteiger partial charge is 0.324 e. The van der Waals surface area contributed by atoms with Crippen molar-refractivity contribution >= 4 is 16.2 Å². The lowest BCUT2D eigenvalue weighted by molar-refractivity contribution is -0.144. The maximum Gasteiger partial charge on any atom is 0.324 e. The van der Waals surface area contributed by atoms with Crippen LogP contribution in [0.1, 0.15) is 12.8 Å². The second-order valence-electron chi connectivity index (χ2n) is 3.58. The monoisotopic (exact) mass is 236 g/mol. The highest BCUT2D eigenvalue weighted by Crippen LogP contribution is 2.22. The first-order valence-electron chi connectivity index (χ1n) is 4.68. The highest BCUT2D eigenvalue weighted by Gasteiger charge is 2.40. The molecule has 6 nitrogen and oxygen atoms in total. The Kier molecular flexibility index (Phi) is 3.69. The van der Waals surface area contributed by atoms with Gasteiger partial charge in [0.15, 0.2) is 0 Å². The van der Waals surface area contributed by atoms with E-state index in [1.54, 1.807) is 0 Å². The van der Waals surface area contributed by atoms with Crippen LogP contribution in [0.4, 0.5) is 0 Å². The van der Waals surface area contributed by atoms with E-state index in [0.717, 1.165) is 4.31 Å². The van der Waals surface area contributed by atoms with Crippen LogP contribution in [-0.2, 0) is 19.7 Å². The van der Waals surface area contributed by atoms with Gasteiger partial charge in [-0.15, -0.1) is 0 Å². The molecule has 0 spiro atoms. The number of carbonyl (C=O) groups is 1. The standard InChI is InChI=1S/C8H16N2O4S/c1-9(2)15(12,13)10-6-4-5-7(10)8(11)14-3/h7H,4-6H2,1-3H3/t7-/m0/s1. The number of hydrogen-bond acceptors (Lipinski definition) is 4. The second-order valence-corrected chi connectivity index (χ2v) is 5.68. The van der Waals surface area contributed by atoms with Crippen LogP contribution in [0.15, 0.2) is 0 Å². The summed E-state index contributed by atoms with van der Waals surface area (Å²) in [5.41, 5.74) is 0. The fourth-order valence-electron chi connectivity index (χ4n) is 1.60. The van der Waals surface area contributed by atoms with Crippen molar-refractivity contribution < 1.29 is 17.9 Å². The molecule has 0 radical (unpaired) electrons. The highest BCUT2D eigenvalue weighted by atomic mass is 32.2. The first-order valence-corrected chi connectivity index (χ1v) is 6.08. The van der Waals surface area contributed by atoms with Crippen LogP contribution in [0.3, 0.4) is 0 Å². The van der Waals surface area contributed by atoms with E-state index >= 15 is 0 Å². The molecular weight excluding hydrogens is 220 g/mol. The van der Waals surface area contributed by atoms with Crippen molar-refractivity contribution in [2.24, 2.45) is 0 Å². The largest absolute Gasteiger partial charge is 0.468 e. The number of hydrogen-bond donors (Lipinski definition) is 0. The molecule has 7 heteroatoms. The summed E-state index contributed by atoms with van der Waals surface area (Å²) in [6.07, 6.45) is 1.21. The zero-order chi connectivity index (χ0) is 11.6. The number of rotatable bonds is 3. The molecule has 1 fully saturated rings. The Balaban J connectivity index is 2.91. The maximum absolute atomic E-state index is 11.8. The Morgan fingerprint density at radius 3 is 2.53 bits per heavy atom. The van der Waals surface area contributed by atoms with E-state index in [1.807, 2.05) is 0 Å². The fourth-order valence-corrected chi connectivity index (χ4v) is 2.89. The number of methoxy groups -OCH3 is 1. The van der Waals surface area contributed by atoms with E-state index in [-0.39, 0.29) is 0 Å². The van der Waals surface area contributed by atoms with E-state index in [9.17, 15) is 13.2 Å². The third kappa shape index (κ3) is 2.30. The Labute approximate surface area is 90.0 Å². The van der Waals surface area contributed by atoms with Crippen molar-refractivity contribution in [1.82, 2.24) is 8.61 Å². The van der Waals surface area contributed by atoms with Crippen LogP contribution in [0, 0.1) is 0 Å². The molecule has 0 aromatic rings. The van der Waals surface area contributed by atoms with E-state index in [0.29, 0.717) is 19.4 Å². The highest BCUT2D eigenvalue weighted by molar-refractivity contribution is 7.86. The third-order valence-electron chi connectivity index (χ3n) is 2.43. The summed E-state index contributed by atoms with van der Waals surface area (Å²) < 4.78 is 30.5. The predicted octanol–water partition coefficient (Wildman–Crippen LogP) is -0.570. The second kappa shape index (κ2) is 4.46. The lowest BCUT2D eigenvalue weighted by Gasteiger charge is -2.25. The van der Waals surface area contributed by atoms with Gasteiger partial charge >= 0.3 is 5.97 Å². The molecule has 0 N–H and O–H groups in total. The van der Waals surface area contributed by atoms with Gasteiger partial charge in [-0.3, -0.25) is 4.79 Å². The average molecular weight is 236 g/mol. The van der Waals surface area contributed by atoms with Gasteiger partial charge in [-0.25, -0.2) is 0 Å². The predicted molar refractivity (Wildman–Crippen MR) is 54.4 cm³/mol. The summed E-state index contributed by atoms with van der Waals surface area (Å²) in [4.78, 5) is 11.3. The molecule has 1 heterocycles. The normalized spacial score (nSPS) is 23.3. The summed E-state index contributed by atoms with van der Waals surface area (Å²) in [5, 5.41) is 0. The molecule has 1 rings (SSSR count). The SMILES string of the molecule is COC(=O)[C@@H]1CCCN1S(=O)(=O)N(C)C. The molecule has 0 aromatic carbocycles. The Morgan fingerprint density at radius 2 is 2.07 bits per heavy atom. The van der Waals surface area contributed by atoms with Crippen molar-refractivity contribution in [3.63, 3.8) is 0 Å². The summed E-state index contributed by atoms with van der Waals surface area (Å²) in [6.45, 7) is 0.375. The first-order chi connectivity index (χ1) is 6.91. The van der Waals surface area contributed by atoms with Gasteiger partial charge in [0.1, 0.15) is 6.04 Å². The van der Waals surface area contributed by atoms with Gasteiger partial charge in [-0.05, 0) is 12.8 Å². The van der Waals surface area contributed by atoms with Crippen molar-refractivity contribution in [3.8, 4) is 0 Å². The van der Waals surface area contributed by atoms with Crippen LogP contribution in [0.2, 0.25) is 0 Å². The summed E-state index contributed by atoms with van der Waals surface area (Å²) in [6, 6.07) is -0.664. The number of carbonyl (C=O) groups excluding carboxylic acids is 1. The van der Waals surface area contributed by atoms with Crippen molar-refractivity contribution in [3.05, 3.63) is 0 Å². The van der Waals surface area contributed by atoms with Crippen molar-refractivity contribution in [2.75, 3.05) is 27.7 Å². The molecule has 0 unspecified atom stereocenters. The lowest BCUT2D eigenvalue weighted by atomic mass is 10.2. The molecule has 1 saturated heterocycles. The van der Waals surface area contributed by atoms with Crippen molar-refractivity contribution in [1.29, 1.82) is 0 Å². The van der Waals surface area contributed by atoms with Gasteiger partial charge in [-0.2, -0.15) is 17.0 Å². The molecular formula is C8H16N2O4S. The van der Waals surface area contributed by atoms with Gasteiger partial charge in [0.25, 0.3) is 10.2 Å². The number of esters is 1. The van der Waals surface area contributed by atoms with E-state index in [1.165, 1.54) is 25.5 Å². The molecule has 1 atom stereocenters. The van der Waals surface area contributed by atoms with Gasteiger partial charge in [0.05, 0.1) is 7.11 Å². The van der Waals surface area contributed by atoms with Crippen LogP contribution >= 0.6 is 0 Å². The molecule has 0 amide bonds. The molecule has 1 aliphatic rings. The van der Waals surface area contributed by atoms with Crippen LogP contribution in [0.25, 0.3) is 0 Å². The quantitative estimate of drug-likeness (QED) is 0.615. The Hall–Kier alpha value is -0.660. The fraction of sp³-hybridized carbons (Fsp3) is 0.875. The van der Waals surface area contributed by atoms with Gasteiger partial charge in [0, 0.05) is 20.6 Å². The van der Waals surface area contributed by atoms with E-state index in [4.69, 9.17) is 0 Å². The van der Waals surface area contributed by atoms with Crippen LogP contribution < -0.4 is 0 Å². The molecule has 0 bridgehead atoms. The minimum absolute atomic E-state index is 0.375. The van der Waals surface area contributed by atoms with Crippen molar-refractivity contribution in [2.45, 2.75) is 18.9 Å². The minimum Gasteiger partial charge on any atom is -0.468 e. The van der Waals surface area contributed by atoms with Gasteiger partial charge in [-0.1, -0.05) is 0 Å². The molecule has 0 aromatic heterocycles. The summed E-state index contributed by atoms with van der Waals surface area (Å²) in [5.74, 6) is -0.488. The minimum atomic E-state index is -3.52. The van der Waals surface area contributed by atoms with Gasteiger partial charge in [0.2, 0.25) is 0 Å². The van der Waals surface area contributed by atoms with Crippen LogP contribution in [-0.4, -0.2) is 56.8 Å². The van der Waals surface area contributed by atoms with Gasteiger partial charge < -0.3 is 4.74 Å².